The summed E-state index contributed by atoms with van der Waals surface area (Å²) >= 11 is 36.7. The Bertz CT molecular complexity index is 3170. The summed E-state index contributed by atoms with van der Waals surface area (Å²) in [5.74, 6) is 0.390. The number of piperazine rings is 3. The summed E-state index contributed by atoms with van der Waals surface area (Å²) in [7, 11) is 0. The molecule has 9 fully saturated rings. The average molecular weight is 1440 g/mol. The molecule has 0 radical (unpaired) electrons. The van der Waals surface area contributed by atoms with Crippen LogP contribution in [0.4, 0.5) is 0 Å². The van der Waals surface area contributed by atoms with Crippen LogP contribution in [0.25, 0.3) is 0 Å². The van der Waals surface area contributed by atoms with Gasteiger partial charge in [0.2, 0.25) is 17.7 Å². The number of carbonyl (C=O) groups is 3. The zero-order valence-corrected chi connectivity index (χ0v) is 58.4. The lowest BCUT2D eigenvalue weighted by atomic mass is 9.90. The second-order valence-electron chi connectivity index (χ2n) is 26.6. The van der Waals surface area contributed by atoms with Crippen LogP contribution in [0.3, 0.4) is 0 Å². The molecule has 3 aromatic carbocycles. The molecule has 0 unspecified atom stereocenters. The normalized spacial score (nSPS) is 26.9. The maximum absolute atomic E-state index is 13.5. The van der Waals surface area contributed by atoms with E-state index in [0.29, 0.717) is 128 Å². The largest absolute Gasteiger partial charge is 0.378 e. The lowest BCUT2D eigenvalue weighted by Gasteiger charge is -2.54. The molecule has 0 aliphatic carbocycles. The first kappa shape index (κ1) is 69.6. The van der Waals surface area contributed by atoms with Crippen molar-refractivity contribution in [3.05, 3.63) is 155 Å². The predicted octanol–water partition coefficient (Wildman–Crippen LogP) is 9.30. The van der Waals surface area contributed by atoms with E-state index in [2.05, 4.69) is 59.6 Å². The number of benzene rings is 3. The molecule has 9 aliphatic heterocycles. The molecule has 9 atom stereocenters. The molecule has 0 N–H and O–H groups in total. The number of fused-ring (bicyclic) bond motifs is 3. The summed E-state index contributed by atoms with van der Waals surface area (Å²) in [5, 5.41) is 15.2. The first-order valence-electron chi connectivity index (χ1n) is 33.9. The van der Waals surface area contributed by atoms with Crippen LogP contribution >= 0.6 is 69.6 Å². The van der Waals surface area contributed by atoms with Crippen molar-refractivity contribution in [1.29, 1.82) is 0 Å². The molecular formula is C69H84Cl6N12O9. The van der Waals surface area contributed by atoms with Gasteiger partial charge in [-0.15, -0.1) is 0 Å². The van der Waals surface area contributed by atoms with E-state index < -0.39 is 0 Å². The fraction of sp³-hybridized carbons (Fsp3) is 0.565. The number of carbonyl (C=O) groups excluding carboxylic acids is 3. The average Bonchev–Trinajstić information content (AvgIpc) is 1.28. The van der Waals surface area contributed by atoms with E-state index >= 15 is 0 Å². The smallest absolute Gasteiger partial charge is 0.227 e. The quantitative estimate of drug-likeness (QED) is 0.0946. The molecule has 96 heavy (non-hydrogen) atoms. The number of halogens is 6. The molecule has 3 amide bonds. The number of nitrogens with zero attached hydrogens (tertiary/aromatic N) is 12. The summed E-state index contributed by atoms with van der Waals surface area (Å²) in [4.78, 5) is 61.6. The van der Waals surface area contributed by atoms with Gasteiger partial charge in [-0.2, -0.15) is 0 Å². The molecule has 516 valence electrons. The number of amides is 3. The summed E-state index contributed by atoms with van der Waals surface area (Å²) in [6, 6.07) is 23.2. The van der Waals surface area contributed by atoms with Crippen LogP contribution in [0, 0.1) is 0 Å². The lowest BCUT2D eigenvalue weighted by molar-refractivity contribution is -0.154. The fourth-order valence-electron chi connectivity index (χ4n) is 16.2. The molecule has 9 aliphatic rings. The molecular weight excluding hydrogens is 1350 g/mol. The summed E-state index contributed by atoms with van der Waals surface area (Å²) < 4.78 is 33.4. The minimum Gasteiger partial charge on any atom is -0.378 e. The summed E-state index contributed by atoms with van der Waals surface area (Å²) in [5.41, 5.74) is 5.37. The Morgan fingerprint density at radius 1 is 0.344 bits per heavy atom. The maximum Gasteiger partial charge on any atom is 0.227 e. The first-order chi connectivity index (χ1) is 46.8. The van der Waals surface area contributed by atoms with Gasteiger partial charge in [0.15, 0.2) is 0 Å². The monoisotopic (exact) mass is 1430 g/mol. The SMILES string of the molecule is O=C(Cc1ccc(Cl)c(Cl)c1)N1CCN(Cc2ccon2)[C@@H]2COC[C@H](N3CCCC3)[C@H]21.O=C(Cc1ccc(Cl)c(Cl)c1)N1CCN(Cc2ccon2)[C@@H]2COC[C@H](N3CCCC3)[C@H]21.O=C(Cc1ccc(Cl)c(Cl)c1)N1CCN(Cc2ccon2)[C@H]2COC[C@@H](N3CCCC3)[C@@H]21. The molecule has 0 spiro atoms. The van der Waals surface area contributed by atoms with Crippen molar-refractivity contribution in [3.63, 3.8) is 0 Å². The zero-order valence-electron chi connectivity index (χ0n) is 53.9. The van der Waals surface area contributed by atoms with Crippen molar-refractivity contribution in [2.24, 2.45) is 0 Å². The Labute approximate surface area is 590 Å². The van der Waals surface area contributed by atoms with E-state index in [1.54, 1.807) is 55.2 Å². The summed E-state index contributed by atoms with van der Waals surface area (Å²) in [6.07, 6.45) is 13.0. The number of likely N-dealkylation sites (tertiary alicyclic amines) is 3. The molecule has 15 rings (SSSR count). The number of hydrogen-bond donors (Lipinski definition) is 0. The van der Waals surface area contributed by atoms with E-state index in [1.165, 1.54) is 38.5 Å². The first-order valence-corrected chi connectivity index (χ1v) is 36.1. The van der Waals surface area contributed by atoms with Crippen molar-refractivity contribution in [1.82, 2.24) is 59.6 Å². The van der Waals surface area contributed by atoms with Gasteiger partial charge in [-0.25, -0.2) is 0 Å². The van der Waals surface area contributed by atoms with Crippen LogP contribution < -0.4 is 0 Å². The van der Waals surface area contributed by atoms with Gasteiger partial charge in [0.1, 0.15) is 18.8 Å². The van der Waals surface area contributed by atoms with E-state index in [-0.39, 0.29) is 72.1 Å². The summed E-state index contributed by atoms with van der Waals surface area (Å²) in [6.45, 7) is 16.7. The second-order valence-corrected chi connectivity index (χ2v) is 29.1. The highest BCUT2D eigenvalue weighted by Gasteiger charge is 2.51. The predicted molar refractivity (Wildman–Crippen MR) is 365 cm³/mol. The van der Waals surface area contributed by atoms with Crippen LogP contribution in [-0.4, -0.2) is 250 Å². The molecule has 0 saturated carbocycles. The maximum atomic E-state index is 13.5. The third-order valence-electron chi connectivity index (χ3n) is 20.8. The Morgan fingerprint density at radius 3 is 0.865 bits per heavy atom. The van der Waals surface area contributed by atoms with Crippen molar-refractivity contribution in [2.75, 3.05) is 118 Å². The lowest BCUT2D eigenvalue weighted by Crippen LogP contribution is -2.71. The van der Waals surface area contributed by atoms with Crippen molar-refractivity contribution < 1.29 is 42.2 Å². The van der Waals surface area contributed by atoms with E-state index in [9.17, 15) is 14.4 Å². The van der Waals surface area contributed by atoms with Crippen LogP contribution in [-0.2, 0) is 67.5 Å². The Balaban J connectivity index is 0.000000130. The van der Waals surface area contributed by atoms with Crippen molar-refractivity contribution in [2.45, 2.75) is 132 Å². The molecule has 9 saturated heterocycles. The third-order valence-corrected chi connectivity index (χ3v) is 23.1. The number of hydrogen-bond acceptors (Lipinski definition) is 18. The third kappa shape index (κ3) is 16.4. The van der Waals surface area contributed by atoms with Gasteiger partial charge < -0.3 is 42.5 Å². The van der Waals surface area contributed by atoms with Crippen LogP contribution in [0.5, 0.6) is 0 Å². The molecule has 0 bridgehead atoms. The highest BCUT2D eigenvalue weighted by molar-refractivity contribution is 6.43. The highest BCUT2D eigenvalue weighted by atomic mass is 35.5. The minimum atomic E-state index is 0.0813. The highest BCUT2D eigenvalue weighted by Crippen LogP contribution is 2.36. The molecule has 21 nitrogen and oxygen atoms in total. The van der Waals surface area contributed by atoms with E-state index in [0.717, 1.165) is 92.7 Å². The number of ether oxygens (including phenoxy) is 3. The van der Waals surface area contributed by atoms with Gasteiger partial charge >= 0.3 is 0 Å². The van der Waals surface area contributed by atoms with Gasteiger partial charge in [-0.1, -0.05) is 103 Å². The molecule has 12 heterocycles. The van der Waals surface area contributed by atoms with Gasteiger partial charge in [0, 0.05) is 77.1 Å². The van der Waals surface area contributed by atoms with E-state index in [4.69, 9.17) is 97.4 Å². The van der Waals surface area contributed by atoms with Crippen molar-refractivity contribution in [3.8, 4) is 0 Å². The van der Waals surface area contributed by atoms with Crippen molar-refractivity contribution >= 4 is 87.3 Å². The minimum absolute atomic E-state index is 0.0813. The molecule has 27 heteroatoms. The number of rotatable bonds is 15. The molecule has 6 aromatic rings. The second kappa shape index (κ2) is 32.6. The Hall–Kier alpha value is -4.92. The Morgan fingerprint density at radius 2 is 0.615 bits per heavy atom. The van der Waals surface area contributed by atoms with Crippen LogP contribution in [0.1, 0.15) is 72.3 Å². The van der Waals surface area contributed by atoms with Crippen LogP contribution in [0.15, 0.2) is 105 Å². The number of aromatic nitrogens is 3. The van der Waals surface area contributed by atoms with Gasteiger partial charge in [0.25, 0.3) is 0 Å². The van der Waals surface area contributed by atoms with Gasteiger partial charge in [0.05, 0.1) is 160 Å². The fourth-order valence-corrected chi connectivity index (χ4v) is 17.1. The standard InChI is InChI=1S/3C23H28Cl2N4O3/c3*24-18-4-3-16(11-19(18)25)12-22(30)29-9-8-28(13-17-5-10-32-26-17)21-15-31-14-20(23(21)29)27-6-1-2-7-27/h3*3-5,10-11,20-21,23H,1-2,6-9,12-15H2/t3*20-,21+,23+/m100/s1. The van der Waals surface area contributed by atoms with Gasteiger partial charge in [-0.05, 0) is 131 Å². The molecule has 3 aromatic heterocycles. The topological polar surface area (TPSA) is 186 Å². The zero-order chi connectivity index (χ0) is 66.2. The van der Waals surface area contributed by atoms with Gasteiger partial charge in [-0.3, -0.25) is 43.8 Å². The Kier molecular flexibility index (Phi) is 23.6. The van der Waals surface area contributed by atoms with E-state index in [1.807, 2.05) is 36.4 Å². The van der Waals surface area contributed by atoms with Crippen LogP contribution in [0.2, 0.25) is 30.1 Å².